The molecule has 0 aromatic heterocycles. The number of amides is 1. The molecule has 1 heterocycles. The van der Waals surface area contributed by atoms with Crippen LogP contribution in [0, 0.1) is 0 Å². The van der Waals surface area contributed by atoms with Gasteiger partial charge >= 0.3 is 0 Å². The molecule has 0 spiro atoms. The molecule has 1 aliphatic carbocycles. The molecule has 4 heteroatoms. The zero-order valence-electron chi connectivity index (χ0n) is 14.0. The molecule has 1 saturated heterocycles. The fourth-order valence-electron chi connectivity index (χ4n) is 3.84. The van der Waals surface area contributed by atoms with Gasteiger partial charge in [-0.25, -0.2) is 0 Å². The Kier molecular flexibility index (Phi) is 5.27. The molecule has 1 N–H and O–H groups in total. The number of rotatable bonds is 6. The first-order chi connectivity index (χ1) is 11.2. The number of nitrogens with zero attached hydrogens (tertiary/aromatic N) is 1. The van der Waals surface area contributed by atoms with Crippen molar-refractivity contribution in [3.63, 3.8) is 0 Å². The van der Waals surface area contributed by atoms with Gasteiger partial charge in [0.05, 0.1) is 5.41 Å². The van der Waals surface area contributed by atoms with Crippen LogP contribution in [0.1, 0.15) is 51.0 Å². The Morgan fingerprint density at radius 2 is 2.04 bits per heavy atom. The predicted molar refractivity (Wildman–Crippen MR) is 94.9 cm³/mol. The predicted octanol–water partition coefficient (Wildman–Crippen LogP) is 3.75. The van der Waals surface area contributed by atoms with Gasteiger partial charge in [0.15, 0.2) is 0 Å². The van der Waals surface area contributed by atoms with Gasteiger partial charge in [0, 0.05) is 24.2 Å². The molecule has 1 saturated carbocycles. The number of carbonyl (C=O) groups excluding carboxylic acids is 1. The van der Waals surface area contributed by atoms with E-state index in [2.05, 4.69) is 17.1 Å². The van der Waals surface area contributed by atoms with Crippen molar-refractivity contribution in [1.29, 1.82) is 0 Å². The monoisotopic (exact) mass is 334 g/mol. The van der Waals surface area contributed by atoms with Crippen molar-refractivity contribution in [3.05, 3.63) is 34.9 Å². The second-order valence-corrected chi connectivity index (χ2v) is 7.38. The number of hydrogen-bond acceptors (Lipinski definition) is 2. The molecule has 3 nitrogen and oxygen atoms in total. The summed E-state index contributed by atoms with van der Waals surface area (Å²) >= 11 is 5.95. The lowest BCUT2D eigenvalue weighted by atomic mass is 9.95. The number of benzene rings is 1. The number of hydrogen-bond donors (Lipinski definition) is 1. The van der Waals surface area contributed by atoms with Crippen LogP contribution in [0.4, 0.5) is 0 Å². The molecule has 1 aromatic rings. The van der Waals surface area contributed by atoms with E-state index in [1.807, 2.05) is 24.3 Å². The summed E-state index contributed by atoms with van der Waals surface area (Å²) < 4.78 is 0. The lowest BCUT2D eigenvalue weighted by Gasteiger charge is -2.35. The zero-order valence-corrected chi connectivity index (χ0v) is 14.7. The first-order valence-electron chi connectivity index (χ1n) is 8.94. The second kappa shape index (κ2) is 7.23. The molecule has 126 valence electrons. The first-order valence-corrected chi connectivity index (χ1v) is 9.32. The summed E-state index contributed by atoms with van der Waals surface area (Å²) in [6.45, 7) is 5.17. The highest BCUT2D eigenvalue weighted by Gasteiger charge is 2.51. The van der Waals surface area contributed by atoms with Gasteiger partial charge in [0.25, 0.3) is 0 Å². The molecule has 1 aliphatic heterocycles. The first kappa shape index (κ1) is 16.8. The highest BCUT2D eigenvalue weighted by Crippen LogP contribution is 2.48. The lowest BCUT2D eigenvalue weighted by molar-refractivity contribution is -0.123. The van der Waals surface area contributed by atoms with Crippen LogP contribution in [-0.4, -0.2) is 36.5 Å². The van der Waals surface area contributed by atoms with Crippen molar-refractivity contribution in [3.8, 4) is 0 Å². The van der Waals surface area contributed by atoms with Crippen molar-refractivity contribution >= 4 is 17.5 Å². The largest absolute Gasteiger partial charge is 0.354 e. The highest BCUT2D eigenvalue weighted by atomic mass is 35.5. The van der Waals surface area contributed by atoms with Gasteiger partial charge in [-0.2, -0.15) is 0 Å². The van der Waals surface area contributed by atoms with Crippen LogP contribution in [0.2, 0.25) is 5.02 Å². The summed E-state index contributed by atoms with van der Waals surface area (Å²) in [6, 6.07) is 8.44. The summed E-state index contributed by atoms with van der Waals surface area (Å²) in [6.07, 6.45) is 7.05. The highest BCUT2D eigenvalue weighted by molar-refractivity contribution is 6.30. The Morgan fingerprint density at radius 3 is 2.70 bits per heavy atom. The lowest BCUT2D eigenvalue weighted by Crippen LogP contribution is -2.45. The van der Waals surface area contributed by atoms with Crippen molar-refractivity contribution < 1.29 is 4.79 Å². The molecule has 23 heavy (non-hydrogen) atoms. The van der Waals surface area contributed by atoms with Crippen LogP contribution in [0.5, 0.6) is 0 Å². The van der Waals surface area contributed by atoms with E-state index in [9.17, 15) is 4.79 Å². The van der Waals surface area contributed by atoms with Crippen molar-refractivity contribution in [2.75, 3.05) is 19.6 Å². The summed E-state index contributed by atoms with van der Waals surface area (Å²) in [5.41, 5.74) is 0.806. The SMILES string of the molecule is CCC1CCCCN1CCNC(=O)C1(c2ccc(Cl)cc2)CC1. The van der Waals surface area contributed by atoms with Crippen LogP contribution in [0.15, 0.2) is 24.3 Å². The Balaban J connectivity index is 1.52. The molecule has 3 rings (SSSR count). The van der Waals surface area contributed by atoms with Gasteiger partial charge in [-0.05, 0) is 56.3 Å². The Hall–Kier alpha value is -1.06. The number of carbonyl (C=O) groups is 1. The maximum absolute atomic E-state index is 12.6. The fraction of sp³-hybridized carbons (Fsp3) is 0.632. The minimum Gasteiger partial charge on any atom is -0.354 e. The minimum atomic E-state index is -0.295. The average molecular weight is 335 g/mol. The smallest absolute Gasteiger partial charge is 0.230 e. The van der Waals surface area contributed by atoms with Crippen LogP contribution in [0.3, 0.4) is 0 Å². The molecular weight excluding hydrogens is 308 g/mol. The van der Waals surface area contributed by atoms with E-state index in [1.165, 1.54) is 32.2 Å². The minimum absolute atomic E-state index is 0.185. The summed E-state index contributed by atoms with van der Waals surface area (Å²) in [7, 11) is 0. The molecule has 1 amide bonds. The third-order valence-electron chi connectivity index (χ3n) is 5.49. The maximum atomic E-state index is 12.6. The van der Waals surface area contributed by atoms with E-state index in [4.69, 9.17) is 11.6 Å². The third-order valence-corrected chi connectivity index (χ3v) is 5.74. The summed E-state index contributed by atoms with van der Waals surface area (Å²) in [4.78, 5) is 15.2. The van der Waals surface area contributed by atoms with Gasteiger partial charge in [-0.15, -0.1) is 0 Å². The average Bonchev–Trinajstić information content (AvgIpc) is 3.38. The van der Waals surface area contributed by atoms with Gasteiger partial charge in [0.2, 0.25) is 5.91 Å². The van der Waals surface area contributed by atoms with Gasteiger partial charge in [0.1, 0.15) is 0 Å². The number of nitrogens with one attached hydrogen (secondary N) is 1. The standard InChI is InChI=1S/C19H27ClN2O/c1-2-17-5-3-4-13-22(17)14-12-21-18(23)19(10-11-19)15-6-8-16(20)9-7-15/h6-9,17H,2-5,10-14H2,1H3,(H,21,23). The van der Waals surface area contributed by atoms with E-state index < -0.39 is 0 Å². The van der Waals surface area contributed by atoms with E-state index in [1.54, 1.807) is 0 Å². The molecule has 1 unspecified atom stereocenters. The Labute approximate surface area is 144 Å². The summed E-state index contributed by atoms with van der Waals surface area (Å²) in [5.74, 6) is 0.185. The topological polar surface area (TPSA) is 32.3 Å². The van der Waals surface area contributed by atoms with E-state index >= 15 is 0 Å². The number of halogens is 1. The number of likely N-dealkylation sites (tertiary alicyclic amines) is 1. The van der Waals surface area contributed by atoms with E-state index in [0.29, 0.717) is 6.04 Å². The second-order valence-electron chi connectivity index (χ2n) is 6.94. The Bertz CT molecular complexity index is 539. The molecule has 1 aromatic carbocycles. The third kappa shape index (κ3) is 3.72. The van der Waals surface area contributed by atoms with Crippen LogP contribution in [-0.2, 0) is 10.2 Å². The van der Waals surface area contributed by atoms with E-state index in [0.717, 1.165) is 36.5 Å². The van der Waals surface area contributed by atoms with Crippen molar-refractivity contribution in [1.82, 2.24) is 10.2 Å². The molecule has 2 aliphatic rings. The quantitative estimate of drug-likeness (QED) is 0.859. The van der Waals surface area contributed by atoms with E-state index in [-0.39, 0.29) is 11.3 Å². The van der Waals surface area contributed by atoms with Crippen LogP contribution in [0.25, 0.3) is 0 Å². The normalized spacial score (nSPS) is 23.5. The zero-order chi connectivity index (χ0) is 16.3. The summed E-state index contributed by atoms with van der Waals surface area (Å²) in [5, 5.41) is 3.90. The maximum Gasteiger partial charge on any atom is 0.230 e. The molecule has 1 atom stereocenters. The van der Waals surface area contributed by atoms with Gasteiger partial charge < -0.3 is 5.32 Å². The van der Waals surface area contributed by atoms with Crippen molar-refractivity contribution in [2.45, 2.75) is 56.9 Å². The van der Waals surface area contributed by atoms with Gasteiger partial charge in [-0.1, -0.05) is 37.1 Å². The molecular formula is C19H27ClN2O. The van der Waals surface area contributed by atoms with Crippen LogP contribution >= 0.6 is 11.6 Å². The molecule has 0 radical (unpaired) electrons. The van der Waals surface area contributed by atoms with Gasteiger partial charge in [-0.3, -0.25) is 9.69 Å². The molecule has 2 fully saturated rings. The van der Waals surface area contributed by atoms with Crippen molar-refractivity contribution in [2.24, 2.45) is 0 Å². The number of piperidine rings is 1. The van der Waals surface area contributed by atoms with Crippen LogP contribution < -0.4 is 5.32 Å². The fourth-order valence-corrected chi connectivity index (χ4v) is 3.97. The molecule has 0 bridgehead atoms. The Morgan fingerprint density at radius 1 is 1.30 bits per heavy atom.